The highest BCUT2D eigenvalue weighted by molar-refractivity contribution is 7.10. The Kier molecular flexibility index (Phi) is 8.47. The molecule has 8 heteroatoms. The van der Waals surface area contributed by atoms with Crippen LogP contribution in [-0.2, 0) is 17.9 Å². The second kappa shape index (κ2) is 11.3. The Morgan fingerprint density at radius 2 is 1.70 bits per heavy atom. The Labute approximate surface area is 202 Å². The second-order valence-corrected chi connectivity index (χ2v) is 9.50. The van der Waals surface area contributed by atoms with Crippen molar-refractivity contribution < 1.29 is 14.0 Å². The summed E-state index contributed by atoms with van der Waals surface area (Å²) in [6, 6.07) is 14.4. The molecule has 0 saturated carbocycles. The minimum atomic E-state index is -0.366. The number of aryl methyl sites for hydroxylation is 1. The topological polar surface area (TPSA) is 52.7 Å². The van der Waals surface area contributed by atoms with Gasteiger partial charge in [-0.25, -0.2) is 9.18 Å². The molecular weight excluding hydrogens is 461 g/mol. The molecule has 33 heavy (non-hydrogen) atoms. The van der Waals surface area contributed by atoms with Gasteiger partial charge < -0.3 is 15.1 Å². The zero-order valence-electron chi connectivity index (χ0n) is 18.8. The molecule has 0 atom stereocenters. The highest BCUT2D eigenvalue weighted by Crippen LogP contribution is 2.20. The first-order valence-electron chi connectivity index (χ1n) is 10.6. The lowest BCUT2D eigenvalue weighted by Crippen LogP contribution is -2.47. The first-order chi connectivity index (χ1) is 15.7. The predicted octanol–water partition coefficient (Wildman–Crippen LogP) is 6.32. The molecule has 0 unspecified atom stereocenters. The van der Waals surface area contributed by atoms with E-state index < -0.39 is 0 Å². The number of halogens is 2. The number of carbonyl (C=O) groups is 2. The summed E-state index contributed by atoms with van der Waals surface area (Å²) in [4.78, 5) is 30.6. The summed E-state index contributed by atoms with van der Waals surface area (Å²) in [6.07, 6.45) is 0. The zero-order valence-corrected chi connectivity index (χ0v) is 20.4. The number of nitrogens with zero attached hydrogens (tertiary/aromatic N) is 2. The maximum Gasteiger partial charge on any atom is 0.322 e. The molecule has 3 aromatic rings. The van der Waals surface area contributed by atoms with Crippen molar-refractivity contribution in [2.75, 3.05) is 11.9 Å². The van der Waals surface area contributed by atoms with Crippen molar-refractivity contribution in [3.05, 3.63) is 86.8 Å². The molecule has 1 heterocycles. The molecule has 0 radical (unpaired) electrons. The summed E-state index contributed by atoms with van der Waals surface area (Å²) in [5.74, 6) is -0.511. The molecule has 3 rings (SSSR count). The normalized spacial score (nSPS) is 10.8. The Morgan fingerprint density at radius 3 is 2.27 bits per heavy atom. The number of amides is 3. The van der Waals surface area contributed by atoms with Gasteiger partial charge in [-0.15, -0.1) is 11.3 Å². The third kappa shape index (κ3) is 7.04. The van der Waals surface area contributed by atoms with Gasteiger partial charge in [0, 0.05) is 28.2 Å². The number of hydrogen-bond donors (Lipinski definition) is 1. The Morgan fingerprint density at radius 1 is 1.03 bits per heavy atom. The van der Waals surface area contributed by atoms with Crippen LogP contribution in [0, 0.1) is 12.7 Å². The molecule has 3 amide bonds. The average molecular weight is 488 g/mol. The van der Waals surface area contributed by atoms with Gasteiger partial charge in [-0.05, 0) is 79.7 Å². The van der Waals surface area contributed by atoms with Gasteiger partial charge in [-0.2, -0.15) is 0 Å². The number of nitrogens with one attached hydrogen (secondary N) is 1. The van der Waals surface area contributed by atoms with Gasteiger partial charge in [0.05, 0.1) is 6.54 Å². The molecule has 5 nitrogen and oxygen atoms in total. The van der Waals surface area contributed by atoms with Gasteiger partial charge in [-0.1, -0.05) is 23.7 Å². The molecule has 0 saturated heterocycles. The SMILES string of the molecule is Cc1ccsc1CN(Cc1ccc(F)cc1)C(=O)CN(C(=O)Nc1ccc(Cl)cc1)C(C)C. The first-order valence-corrected chi connectivity index (χ1v) is 11.9. The lowest BCUT2D eigenvalue weighted by Gasteiger charge is -2.30. The van der Waals surface area contributed by atoms with Crippen molar-refractivity contribution >= 4 is 40.6 Å². The monoisotopic (exact) mass is 487 g/mol. The van der Waals surface area contributed by atoms with E-state index in [9.17, 15) is 14.0 Å². The Balaban J connectivity index is 1.76. The van der Waals surface area contributed by atoms with E-state index in [-0.39, 0.29) is 30.3 Å². The number of carbonyl (C=O) groups excluding carboxylic acids is 2. The van der Waals surface area contributed by atoms with E-state index in [2.05, 4.69) is 5.32 Å². The van der Waals surface area contributed by atoms with Gasteiger partial charge in [0.25, 0.3) is 0 Å². The fraction of sp³-hybridized carbons (Fsp3) is 0.280. The van der Waals surface area contributed by atoms with Crippen LogP contribution in [0.25, 0.3) is 0 Å². The van der Waals surface area contributed by atoms with Crippen molar-refractivity contribution in [2.24, 2.45) is 0 Å². The molecule has 1 N–H and O–H groups in total. The van der Waals surface area contributed by atoms with Crippen LogP contribution in [0.2, 0.25) is 5.02 Å². The van der Waals surface area contributed by atoms with Crippen molar-refractivity contribution in [3.8, 4) is 0 Å². The average Bonchev–Trinajstić information content (AvgIpc) is 3.18. The quantitative estimate of drug-likeness (QED) is 0.404. The third-order valence-electron chi connectivity index (χ3n) is 5.23. The van der Waals surface area contributed by atoms with E-state index in [0.29, 0.717) is 23.8 Å². The summed E-state index contributed by atoms with van der Waals surface area (Å²) in [5, 5.41) is 5.39. The molecule has 0 aliphatic rings. The molecule has 0 aliphatic heterocycles. The number of thiophene rings is 1. The number of rotatable bonds is 8. The predicted molar refractivity (Wildman–Crippen MR) is 132 cm³/mol. The number of urea groups is 1. The van der Waals surface area contributed by atoms with E-state index in [1.807, 2.05) is 32.2 Å². The van der Waals surface area contributed by atoms with Gasteiger partial charge in [0.15, 0.2) is 0 Å². The second-order valence-electron chi connectivity index (χ2n) is 8.06. The van der Waals surface area contributed by atoms with Crippen LogP contribution in [0.5, 0.6) is 0 Å². The van der Waals surface area contributed by atoms with Crippen LogP contribution in [-0.4, -0.2) is 34.3 Å². The summed E-state index contributed by atoms with van der Waals surface area (Å²) in [6.45, 7) is 6.39. The van der Waals surface area contributed by atoms with E-state index in [0.717, 1.165) is 16.0 Å². The molecule has 1 aromatic heterocycles. The number of hydrogen-bond acceptors (Lipinski definition) is 3. The van der Waals surface area contributed by atoms with Gasteiger partial charge in [0.1, 0.15) is 12.4 Å². The lowest BCUT2D eigenvalue weighted by molar-refractivity contribution is -0.133. The zero-order chi connectivity index (χ0) is 24.0. The van der Waals surface area contributed by atoms with Gasteiger partial charge in [0.2, 0.25) is 5.91 Å². The van der Waals surface area contributed by atoms with E-state index in [1.54, 1.807) is 52.6 Å². The van der Waals surface area contributed by atoms with Crippen LogP contribution in [0.1, 0.15) is 29.9 Å². The lowest BCUT2D eigenvalue weighted by atomic mass is 10.2. The minimum Gasteiger partial charge on any atom is -0.332 e. The summed E-state index contributed by atoms with van der Waals surface area (Å²) >= 11 is 7.50. The van der Waals surface area contributed by atoms with Crippen molar-refractivity contribution in [1.82, 2.24) is 9.80 Å². The summed E-state index contributed by atoms with van der Waals surface area (Å²) in [5.41, 5.74) is 2.53. The number of anilines is 1. The standard InChI is InChI=1S/C25H27ClFN3O2S/c1-17(2)30(25(32)28-22-10-6-20(26)7-11-22)16-24(31)29(15-23-18(3)12-13-33-23)14-19-4-8-21(27)9-5-19/h4-13,17H,14-16H2,1-3H3,(H,28,32). The van der Waals surface area contributed by atoms with E-state index in [1.165, 1.54) is 17.0 Å². The molecule has 0 bridgehead atoms. The molecule has 2 aromatic carbocycles. The van der Waals surface area contributed by atoms with Crippen LogP contribution in [0.15, 0.2) is 60.0 Å². The van der Waals surface area contributed by atoms with E-state index >= 15 is 0 Å². The van der Waals surface area contributed by atoms with E-state index in [4.69, 9.17) is 11.6 Å². The van der Waals surface area contributed by atoms with Crippen LogP contribution < -0.4 is 5.32 Å². The van der Waals surface area contributed by atoms with Crippen molar-refractivity contribution in [3.63, 3.8) is 0 Å². The molecular formula is C25H27ClFN3O2S. The van der Waals surface area contributed by atoms with Crippen LogP contribution in [0.4, 0.5) is 14.9 Å². The van der Waals surface area contributed by atoms with Gasteiger partial charge >= 0.3 is 6.03 Å². The van der Waals surface area contributed by atoms with Crippen LogP contribution >= 0.6 is 22.9 Å². The minimum absolute atomic E-state index is 0.0806. The third-order valence-corrected chi connectivity index (χ3v) is 6.49. The fourth-order valence-corrected chi connectivity index (χ4v) is 4.29. The first kappa shape index (κ1) is 24.7. The molecule has 0 fully saturated rings. The Hall–Kier alpha value is -2.90. The van der Waals surface area contributed by atoms with Gasteiger partial charge in [-0.3, -0.25) is 4.79 Å². The molecule has 174 valence electrons. The maximum absolute atomic E-state index is 13.4. The fourth-order valence-electron chi connectivity index (χ4n) is 3.24. The molecule has 0 spiro atoms. The smallest absolute Gasteiger partial charge is 0.322 e. The summed E-state index contributed by atoms with van der Waals surface area (Å²) in [7, 11) is 0. The van der Waals surface area contributed by atoms with Crippen LogP contribution in [0.3, 0.4) is 0 Å². The maximum atomic E-state index is 13.4. The largest absolute Gasteiger partial charge is 0.332 e. The number of benzene rings is 2. The molecule has 0 aliphatic carbocycles. The van der Waals surface area contributed by atoms with Crippen molar-refractivity contribution in [1.29, 1.82) is 0 Å². The highest BCUT2D eigenvalue weighted by atomic mass is 35.5. The highest BCUT2D eigenvalue weighted by Gasteiger charge is 2.24. The summed E-state index contributed by atoms with van der Waals surface area (Å²) < 4.78 is 13.4. The Bertz CT molecular complexity index is 1080. The van der Waals surface area contributed by atoms with Crippen molar-refractivity contribution in [2.45, 2.75) is 39.9 Å².